The van der Waals surface area contributed by atoms with Gasteiger partial charge in [0, 0.05) is 25.2 Å². The Morgan fingerprint density at radius 3 is 3.04 bits per heavy atom. The number of aromatic nitrogens is 2. The van der Waals surface area contributed by atoms with Crippen LogP contribution in [0.25, 0.3) is 5.52 Å². The van der Waals surface area contributed by atoms with E-state index in [2.05, 4.69) is 22.1 Å². The zero-order valence-electron chi connectivity index (χ0n) is 14.1. The molecule has 6 heteroatoms. The lowest BCUT2D eigenvalue weighted by Crippen LogP contribution is -2.35. The second kappa shape index (κ2) is 7.11. The number of carbonyl (C=O) groups is 1. The molecule has 5 nitrogen and oxygen atoms in total. The van der Waals surface area contributed by atoms with E-state index in [1.807, 2.05) is 28.8 Å². The predicted octanol–water partition coefficient (Wildman–Crippen LogP) is 2.53. The second-order valence-corrected chi connectivity index (χ2v) is 6.69. The van der Waals surface area contributed by atoms with Gasteiger partial charge in [-0.3, -0.25) is 4.79 Å². The van der Waals surface area contributed by atoms with Crippen LogP contribution >= 0.6 is 12.4 Å². The fraction of sp³-hybridized carbons (Fsp3) is 0.556. The van der Waals surface area contributed by atoms with E-state index in [9.17, 15) is 4.79 Å². The number of hydrogen-bond donors (Lipinski definition) is 1. The Hall–Kier alpha value is -1.59. The smallest absolute Gasteiger partial charge is 0.272 e. The highest BCUT2D eigenvalue weighted by atomic mass is 35.5. The lowest BCUT2D eigenvalue weighted by Gasteiger charge is -2.20. The first-order chi connectivity index (χ1) is 11.3. The second-order valence-electron chi connectivity index (χ2n) is 6.69. The van der Waals surface area contributed by atoms with Gasteiger partial charge in [0.15, 0.2) is 5.69 Å². The standard InChI is InChI=1S/C18H24N4O.ClH/c1-2-16-20-17(15-6-3-4-10-22(15)16)18(23)19-12-13-8-11-21-9-5-7-14(13)21;/h3-4,6,10,13-14H,2,5,7-9,11-12H2,1H3,(H,19,23);1H/t13-,14-;/m0./s1. The number of pyridine rings is 1. The lowest BCUT2D eigenvalue weighted by molar-refractivity contribution is 0.0941. The third kappa shape index (κ3) is 2.91. The quantitative estimate of drug-likeness (QED) is 0.923. The molecule has 2 aliphatic heterocycles. The predicted molar refractivity (Wildman–Crippen MR) is 96.9 cm³/mol. The van der Waals surface area contributed by atoms with Crippen LogP contribution < -0.4 is 5.32 Å². The molecular weight excluding hydrogens is 324 g/mol. The summed E-state index contributed by atoms with van der Waals surface area (Å²) in [6, 6.07) is 6.58. The number of aryl methyl sites for hydroxylation is 1. The van der Waals surface area contributed by atoms with Crippen LogP contribution in [0.2, 0.25) is 0 Å². The molecule has 2 aliphatic rings. The van der Waals surface area contributed by atoms with Crippen molar-refractivity contribution >= 4 is 23.8 Å². The SMILES string of the molecule is CCc1nc(C(=O)NC[C@@H]2CCN3CCC[C@@H]23)c2ccccn12.Cl. The van der Waals surface area contributed by atoms with E-state index in [0.29, 0.717) is 17.7 Å². The third-order valence-electron chi connectivity index (χ3n) is 5.42. The molecule has 0 aliphatic carbocycles. The van der Waals surface area contributed by atoms with Crippen LogP contribution in [-0.2, 0) is 6.42 Å². The number of carbonyl (C=O) groups excluding carboxylic acids is 1. The van der Waals surface area contributed by atoms with Gasteiger partial charge in [0.1, 0.15) is 5.82 Å². The third-order valence-corrected chi connectivity index (χ3v) is 5.42. The summed E-state index contributed by atoms with van der Waals surface area (Å²) in [4.78, 5) is 19.8. The van der Waals surface area contributed by atoms with Gasteiger partial charge in [-0.1, -0.05) is 13.0 Å². The topological polar surface area (TPSA) is 49.6 Å². The number of rotatable bonds is 4. The average molecular weight is 349 g/mol. The maximum absolute atomic E-state index is 12.6. The van der Waals surface area contributed by atoms with Crippen molar-refractivity contribution in [1.82, 2.24) is 19.6 Å². The van der Waals surface area contributed by atoms with Crippen LogP contribution in [-0.4, -0.2) is 45.9 Å². The van der Waals surface area contributed by atoms with Crippen molar-refractivity contribution in [2.75, 3.05) is 19.6 Å². The minimum Gasteiger partial charge on any atom is -0.350 e. The number of halogens is 1. The number of fused-ring (bicyclic) bond motifs is 2. The van der Waals surface area contributed by atoms with E-state index in [0.717, 1.165) is 24.3 Å². The van der Waals surface area contributed by atoms with E-state index >= 15 is 0 Å². The monoisotopic (exact) mass is 348 g/mol. The van der Waals surface area contributed by atoms with Gasteiger partial charge in [-0.15, -0.1) is 12.4 Å². The Bertz CT molecular complexity index is 729. The van der Waals surface area contributed by atoms with Crippen LogP contribution in [0.4, 0.5) is 0 Å². The highest BCUT2D eigenvalue weighted by Gasteiger charge is 2.37. The molecule has 2 aromatic rings. The van der Waals surface area contributed by atoms with Crippen LogP contribution in [0.1, 0.15) is 42.5 Å². The van der Waals surface area contributed by atoms with E-state index in [4.69, 9.17) is 0 Å². The molecule has 1 N–H and O–H groups in total. The normalized spacial score (nSPS) is 23.2. The van der Waals surface area contributed by atoms with E-state index in [-0.39, 0.29) is 18.3 Å². The van der Waals surface area contributed by atoms with E-state index < -0.39 is 0 Å². The Labute approximate surface area is 148 Å². The molecule has 24 heavy (non-hydrogen) atoms. The number of amides is 1. The molecule has 0 aromatic carbocycles. The largest absolute Gasteiger partial charge is 0.350 e. The highest BCUT2D eigenvalue weighted by Crippen LogP contribution is 2.32. The molecule has 0 unspecified atom stereocenters. The fourth-order valence-corrected chi connectivity index (χ4v) is 4.25. The van der Waals surface area contributed by atoms with Crippen LogP contribution in [0.3, 0.4) is 0 Å². The van der Waals surface area contributed by atoms with Crippen LogP contribution in [0.5, 0.6) is 0 Å². The molecule has 1 amide bonds. The van der Waals surface area contributed by atoms with Crippen LogP contribution in [0.15, 0.2) is 24.4 Å². The summed E-state index contributed by atoms with van der Waals surface area (Å²) >= 11 is 0. The Balaban J connectivity index is 0.00000169. The summed E-state index contributed by atoms with van der Waals surface area (Å²) < 4.78 is 2.02. The molecule has 0 bridgehead atoms. The highest BCUT2D eigenvalue weighted by molar-refractivity contribution is 5.99. The summed E-state index contributed by atoms with van der Waals surface area (Å²) in [5.74, 6) is 1.50. The molecule has 0 spiro atoms. The van der Waals surface area contributed by atoms with E-state index in [1.54, 1.807) is 0 Å². The molecule has 130 valence electrons. The van der Waals surface area contributed by atoms with E-state index in [1.165, 1.54) is 32.4 Å². The first kappa shape index (κ1) is 17.2. The Morgan fingerprint density at radius 2 is 2.21 bits per heavy atom. The van der Waals surface area contributed by atoms with Crippen molar-refractivity contribution in [2.45, 2.75) is 38.6 Å². The van der Waals surface area contributed by atoms with Gasteiger partial charge in [-0.25, -0.2) is 4.98 Å². The van der Waals surface area contributed by atoms with Gasteiger partial charge < -0.3 is 14.6 Å². The van der Waals surface area contributed by atoms with Crippen molar-refractivity contribution in [3.05, 3.63) is 35.9 Å². The molecular formula is C18H25ClN4O. The number of imidazole rings is 1. The van der Waals surface area contributed by atoms with Gasteiger partial charge in [-0.05, 0) is 50.4 Å². The zero-order chi connectivity index (χ0) is 15.8. The van der Waals surface area contributed by atoms with Gasteiger partial charge in [0.05, 0.1) is 5.52 Å². The molecule has 4 rings (SSSR count). The first-order valence-electron chi connectivity index (χ1n) is 8.76. The molecule has 0 radical (unpaired) electrons. The fourth-order valence-electron chi connectivity index (χ4n) is 4.25. The molecule has 2 aromatic heterocycles. The summed E-state index contributed by atoms with van der Waals surface area (Å²) in [5.41, 5.74) is 1.46. The molecule has 2 fully saturated rings. The zero-order valence-corrected chi connectivity index (χ0v) is 14.9. The lowest BCUT2D eigenvalue weighted by atomic mass is 9.98. The van der Waals surface area contributed by atoms with Crippen LogP contribution in [0, 0.1) is 5.92 Å². The maximum Gasteiger partial charge on any atom is 0.272 e. The number of hydrogen-bond acceptors (Lipinski definition) is 3. The van der Waals surface area contributed by atoms with Crippen molar-refractivity contribution < 1.29 is 4.79 Å². The molecule has 0 saturated carbocycles. The first-order valence-corrected chi connectivity index (χ1v) is 8.76. The van der Waals surface area contributed by atoms with Gasteiger partial charge in [-0.2, -0.15) is 0 Å². The minimum atomic E-state index is -0.0372. The van der Waals surface area contributed by atoms with Gasteiger partial charge in [0.25, 0.3) is 5.91 Å². The number of nitrogens with zero attached hydrogens (tertiary/aromatic N) is 3. The molecule has 2 saturated heterocycles. The Kier molecular flexibility index (Phi) is 5.11. The van der Waals surface area contributed by atoms with Crippen molar-refractivity contribution in [2.24, 2.45) is 5.92 Å². The summed E-state index contributed by atoms with van der Waals surface area (Å²) in [6.07, 6.45) is 6.59. The summed E-state index contributed by atoms with van der Waals surface area (Å²) in [6.45, 7) is 5.27. The molecule has 4 heterocycles. The summed E-state index contributed by atoms with van der Waals surface area (Å²) in [7, 11) is 0. The van der Waals surface area contributed by atoms with Crippen molar-refractivity contribution in [3.63, 3.8) is 0 Å². The maximum atomic E-state index is 12.6. The summed E-state index contributed by atoms with van der Waals surface area (Å²) in [5, 5.41) is 3.14. The van der Waals surface area contributed by atoms with Crippen molar-refractivity contribution in [1.29, 1.82) is 0 Å². The van der Waals surface area contributed by atoms with Gasteiger partial charge >= 0.3 is 0 Å². The molecule has 2 atom stereocenters. The van der Waals surface area contributed by atoms with Gasteiger partial charge in [0.2, 0.25) is 0 Å². The Morgan fingerprint density at radius 1 is 1.33 bits per heavy atom. The minimum absolute atomic E-state index is 0. The number of nitrogens with one attached hydrogen (secondary N) is 1. The average Bonchev–Trinajstić information content (AvgIpc) is 3.27. The van der Waals surface area contributed by atoms with Crippen molar-refractivity contribution in [3.8, 4) is 0 Å².